The van der Waals surface area contributed by atoms with E-state index >= 15 is 0 Å². The van der Waals surface area contributed by atoms with Gasteiger partial charge in [0, 0.05) is 0 Å². The van der Waals surface area contributed by atoms with E-state index < -0.39 is 0 Å². The minimum atomic E-state index is -0.212. The monoisotopic (exact) mass is 212 g/mol. The summed E-state index contributed by atoms with van der Waals surface area (Å²) in [7, 11) is 0. The van der Waals surface area contributed by atoms with Crippen molar-refractivity contribution < 1.29 is 4.79 Å². The van der Waals surface area contributed by atoms with Gasteiger partial charge in [-0.15, -0.1) is 11.6 Å². The van der Waals surface area contributed by atoms with Gasteiger partial charge in [-0.2, -0.15) is 0 Å². The molecule has 0 spiro atoms. The molecule has 4 saturated carbocycles. The molecule has 0 aromatic rings. The average molecular weight is 213 g/mol. The third-order valence-electron chi connectivity index (χ3n) is 4.79. The van der Waals surface area contributed by atoms with Gasteiger partial charge in [-0.05, 0) is 61.7 Å². The molecule has 0 amide bonds. The zero-order valence-electron chi connectivity index (χ0n) is 8.42. The van der Waals surface area contributed by atoms with Gasteiger partial charge in [-0.3, -0.25) is 0 Å². The first-order chi connectivity index (χ1) is 6.72. The van der Waals surface area contributed by atoms with Gasteiger partial charge in [0.2, 0.25) is 0 Å². The summed E-state index contributed by atoms with van der Waals surface area (Å²) in [5, 5.41) is -0.212. The van der Waals surface area contributed by atoms with Crippen LogP contribution in [0.1, 0.15) is 38.5 Å². The molecule has 4 aliphatic carbocycles. The molecule has 4 bridgehead atoms. The van der Waals surface area contributed by atoms with Crippen LogP contribution in [0, 0.1) is 23.2 Å². The van der Waals surface area contributed by atoms with E-state index in [-0.39, 0.29) is 10.8 Å². The SMILES string of the molecule is O=CC(Cl)C12CC3CC(CC(C3)C1)C2. The number of hydrogen-bond donors (Lipinski definition) is 0. The van der Waals surface area contributed by atoms with Crippen LogP contribution in [-0.4, -0.2) is 11.7 Å². The minimum absolute atomic E-state index is 0.206. The highest BCUT2D eigenvalue weighted by molar-refractivity contribution is 6.28. The number of rotatable bonds is 2. The fourth-order valence-electron chi connectivity index (χ4n) is 4.66. The first-order valence-corrected chi connectivity index (χ1v) is 6.25. The molecule has 4 rings (SSSR count). The van der Waals surface area contributed by atoms with Crippen molar-refractivity contribution >= 4 is 17.9 Å². The Bertz CT molecular complexity index is 226. The normalized spacial score (nSPS) is 51.9. The van der Waals surface area contributed by atoms with E-state index in [0.717, 1.165) is 24.0 Å². The number of alkyl halides is 1. The Labute approximate surface area is 90.2 Å². The smallest absolute Gasteiger partial charge is 0.138 e. The number of hydrogen-bond acceptors (Lipinski definition) is 1. The highest BCUT2D eigenvalue weighted by Crippen LogP contribution is 2.61. The molecule has 0 aliphatic heterocycles. The molecule has 1 atom stereocenters. The van der Waals surface area contributed by atoms with Gasteiger partial charge >= 0.3 is 0 Å². The van der Waals surface area contributed by atoms with Crippen molar-refractivity contribution in [1.82, 2.24) is 0 Å². The molecule has 0 N–H and O–H groups in total. The lowest BCUT2D eigenvalue weighted by atomic mass is 9.49. The Morgan fingerprint density at radius 2 is 1.50 bits per heavy atom. The van der Waals surface area contributed by atoms with E-state index in [1.807, 2.05) is 0 Å². The van der Waals surface area contributed by atoms with E-state index in [1.54, 1.807) is 0 Å². The first kappa shape index (κ1) is 9.21. The number of aldehydes is 1. The molecule has 0 aromatic carbocycles. The second kappa shape index (κ2) is 2.98. The van der Waals surface area contributed by atoms with Gasteiger partial charge < -0.3 is 4.79 Å². The summed E-state index contributed by atoms with van der Waals surface area (Å²) in [6, 6.07) is 0. The lowest BCUT2D eigenvalue weighted by Crippen LogP contribution is -2.50. The van der Waals surface area contributed by atoms with Gasteiger partial charge in [0.25, 0.3) is 0 Å². The van der Waals surface area contributed by atoms with Crippen LogP contribution in [0.15, 0.2) is 0 Å². The van der Waals surface area contributed by atoms with Gasteiger partial charge in [-0.25, -0.2) is 0 Å². The van der Waals surface area contributed by atoms with Crippen molar-refractivity contribution in [3.8, 4) is 0 Å². The fraction of sp³-hybridized carbons (Fsp3) is 0.917. The Morgan fingerprint density at radius 1 is 1.07 bits per heavy atom. The number of carbonyl (C=O) groups is 1. The Kier molecular flexibility index (Phi) is 1.96. The summed E-state index contributed by atoms with van der Waals surface area (Å²) in [6.07, 6.45) is 8.92. The maximum Gasteiger partial charge on any atom is 0.138 e. The van der Waals surface area contributed by atoms with E-state index in [0.29, 0.717) is 0 Å². The van der Waals surface area contributed by atoms with Crippen molar-refractivity contribution in [2.75, 3.05) is 0 Å². The molecular weight excluding hydrogens is 196 g/mol. The summed E-state index contributed by atoms with van der Waals surface area (Å²) in [4.78, 5) is 10.9. The minimum Gasteiger partial charge on any atom is -0.302 e. The predicted molar refractivity (Wildman–Crippen MR) is 56.3 cm³/mol. The second-order valence-electron chi connectivity index (χ2n) is 5.82. The Morgan fingerprint density at radius 3 is 1.86 bits per heavy atom. The maximum absolute atomic E-state index is 10.9. The zero-order valence-corrected chi connectivity index (χ0v) is 9.17. The standard InChI is InChI=1S/C12H17ClO/c13-11(7-14)12-4-8-1-9(5-12)3-10(2-8)6-12/h7-11H,1-6H2. The molecule has 0 heterocycles. The fourth-order valence-corrected chi connectivity index (χ4v) is 4.93. The van der Waals surface area contributed by atoms with Crippen molar-refractivity contribution in [3.05, 3.63) is 0 Å². The highest BCUT2D eigenvalue weighted by atomic mass is 35.5. The molecule has 0 aromatic heterocycles. The van der Waals surface area contributed by atoms with Gasteiger partial charge in [0.1, 0.15) is 6.29 Å². The summed E-state index contributed by atoms with van der Waals surface area (Å²) >= 11 is 6.22. The summed E-state index contributed by atoms with van der Waals surface area (Å²) in [5.41, 5.74) is 0.206. The van der Waals surface area contributed by atoms with E-state index in [4.69, 9.17) is 11.6 Å². The molecule has 14 heavy (non-hydrogen) atoms. The van der Waals surface area contributed by atoms with Crippen molar-refractivity contribution in [3.63, 3.8) is 0 Å². The van der Waals surface area contributed by atoms with Crippen LogP contribution < -0.4 is 0 Å². The Balaban J connectivity index is 1.90. The van der Waals surface area contributed by atoms with Gasteiger partial charge in [-0.1, -0.05) is 0 Å². The quantitative estimate of drug-likeness (QED) is 0.508. The van der Waals surface area contributed by atoms with E-state index in [9.17, 15) is 4.79 Å². The van der Waals surface area contributed by atoms with Gasteiger partial charge in [0.15, 0.2) is 0 Å². The van der Waals surface area contributed by atoms with Crippen molar-refractivity contribution in [1.29, 1.82) is 0 Å². The predicted octanol–water partition coefficient (Wildman–Crippen LogP) is 3.01. The topological polar surface area (TPSA) is 17.1 Å². The Hall–Kier alpha value is -0.0400. The molecule has 0 saturated heterocycles. The molecular formula is C12H17ClO. The average Bonchev–Trinajstić information content (AvgIpc) is 2.14. The molecule has 0 radical (unpaired) electrons. The molecule has 1 nitrogen and oxygen atoms in total. The summed E-state index contributed by atoms with van der Waals surface area (Å²) in [5.74, 6) is 2.67. The lowest BCUT2D eigenvalue weighted by molar-refractivity contribution is -0.115. The number of carbonyl (C=O) groups excluding carboxylic acids is 1. The van der Waals surface area contributed by atoms with Crippen LogP contribution in [0.2, 0.25) is 0 Å². The third-order valence-corrected chi connectivity index (χ3v) is 5.36. The summed E-state index contributed by atoms with van der Waals surface area (Å²) in [6.45, 7) is 0. The molecule has 2 heteroatoms. The first-order valence-electron chi connectivity index (χ1n) is 5.81. The van der Waals surface area contributed by atoms with E-state index in [1.165, 1.54) is 38.5 Å². The third kappa shape index (κ3) is 1.18. The second-order valence-corrected chi connectivity index (χ2v) is 6.29. The lowest BCUT2D eigenvalue weighted by Gasteiger charge is -2.57. The molecule has 78 valence electrons. The van der Waals surface area contributed by atoms with E-state index in [2.05, 4.69) is 0 Å². The van der Waals surface area contributed by atoms with Crippen LogP contribution in [0.5, 0.6) is 0 Å². The van der Waals surface area contributed by atoms with Crippen LogP contribution in [-0.2, 0) is 4.79 Å². The van der Waals surface area contributed by atoms with Crippen LogP contribution in [0.4, 0.5) is 0 Å². The highest BCUT2D eigenvalue weighted by Gasteiger charge is 2.53. The van der Waals surface area contributed by atoms with Crippen LogP contribution in [0.3, 0.4) is 0 Å². The summed E-state index contributed by atoms with van der Waals surface area (Å²) < 4.78 is 0. The molecule has 1 unspecified atom stereocenters. The molecule has 4 fully saturated rings. The van der Waals surface area contributed by atoms with Crippen molar-refractivity contribution in [2.24, 2.45) is 23.2 Å². The maximum atomic E-state index is 10.9. The largest absolute Gasteiger partial charge is 0.302 e. The number of halogens is 1. The molecule has 4 aliphatic rings. The van der Waals surface area contributed by atoms with Gasteiger partial charge in [0.05, 0.1) is 5.38 Å². The van der Waals surface area contributed by atoms with Crippen molar-refractivity contribution in [2.45, 2.75) is 43.9 Å². The van der Waals surface area contributed by atoms with Crippen LogP contribution in [0.25, 0.3) is 0 Å². The zero-order chi connectivity index (χ0) is 9.76. The van der Waals surface area contributed by atoms with Crippen LogP contribution >= 0.6 is 11.6 Å².